The lowest BCUT2D eigenvalue weighted by Gasteiger charge is -2.16. The predicted octanol–water partition coefficient (Wildman–Crippen LogP) is 4.17. The van der Waals surface area contributed by atoms with Gasteiger partial charge in [0.25, 0.3) is 5.91 Å². The lowest BCUT2D eigenvalue weighted by atomic mass is 10.1. The van der Waals surface area contributed by atoms with Crippen LogP contribution < -0.4 is 10.1 Å². The second-order valence-corrected chi connectivity index (χ2v) is 6.50. The number of rotatable bonds is 7. The molecule has 0 saturated heterocycles. The van der Waals surface area contributed by atoms with Gasteiger partial charge in [-0.2, -0.15) is 4.98 Å². The van der Waals surface area contributed by atoms with Crippen molar-refractivity contribution < 1.29 is 14.1 Å². The van der Waals surface area contributed by atoms with Crippen LogP contribution in [0.5, 0.6) is 5.75 Å². The number of nitrogens with zero attached hydrogens (tertiary/aromatic N) is 2. The largest absolute Gasteiger partial charge is 0.481 e. The average molecular weight is 386 g/mol. The van der Waals surface area contributed by atoms with Crippen molar-refractivity contribution in [3.8, 4) is 17.1 Å². The van der Waals surface area contributed by atoms with Gasteiger partial charge in [0.2, 0.25) is 11.7 Å². The van der Waals surface area contributed by atoms with E-state index < -0.39 is 6.10 Å². The van der Waals surface area contributed by atoms with Gasteiger partial charge in [0, 0.05) is 10.6 Å². The van der Waals surface area contributed by atoms with E-state index in [1.54, 1.807) is 24.3 Å². The molecule has 0 radical (unpaired) electrons. The first-order valence-electron chi connectivity index (χ1n) is 8.64. The van der Waals surface area contributed by atoms with Crippen molar-refractivity contribution in [1.29, 1.82) is 0 Å². The Balaban J connectivity index is 1.58. The van der Waals surface area contributed by atoms with Crippen molar-refractivity contribution in [3.05, 3.63) is 65.0 Å². The molecule has 0 spiro atoms. The second kappa shape index (κ2) is 8.68. The summed E-state index contributed by atoms with van der Waals surface area (Å²) in [5, 5.41) is 7.35. The molecule has 0 bridgehead atoms. The fraction of sp³-hybridized carbons (Fsp3) is 0.250. The Hall–Kier alpha value is -2.86. The van der Waals surface area contributed by atoms with Gasteiger partial charge in [-0.25, -0.2) is 0 Å². The molecule has 3 aromatic rings. The number of carbonyl (C=O) groups excluding carboxylic acids is 1. The summed E-state index contributed by atoms with van der Waals surface area (Å²) < 4.78 is 10.9. The first-order valence-corrected chi connectivity index (χ1v) is 9.02. The van der Waals surface area contributed by atoms with Crippen molar-refractivity contribution in [2.75, 3.05) is 0 Å². The number of carbonyl (C=O) groups is 1. The number of ether oxygens (including phenoxy) is 1. The zero-order chi connectivity index (χ0) is 19.2. The Morgan fingerprint density at radius 1 is 1.26 bits per heavy atom. The molecule has 1 amide bonds. The maximum Gasteiger partial charge on any atom is 0.261 e. The molecule has 140 valence electrons. The fourth-order valence-electron chi connectivity index (χ4n) is 2.50. The molecule has 0 aliphatic carbocycles. The molecule has 0 aliphatic rings. The molecule has 27 heavy (non-hydrogen) atoms. The minimum atomic E-state index is -0.620. The van der Waals surface area contributed by atoms with Crippen LogP contribution in [0.3, 0.4) is 0 Å². The van der Waals surface area contributed by atoms with Gasteiger partial charge in [-0.15, -0.1) is 0 Å². The van der Waals surface area contributed by atoms with Crippen LogP contribution in [-0.2, 0) is 11.3 Å². The van der Waals surface area contributed by atoms with Crippen molar-refractivity contribution >= 4 is 17.5 Å². The van der Waals surface area contributed by atoms with E-state index in [0.717, 1.165) is 11.1 Å². The van der Waals surface area contributed by atoms with Crippen LogP contribution in [0.25, 0.3) is 11.4 Å². The van der Waals surface area contributed by atoms with Gasteiger partial charge in [0.05, 0.1) is 6.54 Å². The minimum Gasteiger partial charge on any atom is -0.481 e. The van der Waals surface area contributed by atoms with Crippen LogP contribution in [0.2, 0.25) is 5.02 Å². The molecule has 0 unspecified atom stereocenters. The SMILES string of the molecule is CC[C@H](Oc1ccc(Cl)cc1)C(=O)NCc1nc(-c2cccc(C)c2)no1. The molecular formula is C20H20ClN3O3. The summed E-state index contributed by atoms with van der Waals surface area (Å²) in [4.78, 5) is 16.7. The topological polar surface area (TPSA) is 77.2 Å². The normalized spacial score (nSPS) is 11.8. The first-order chi connectivity index (χ1) is 13.0. The van der Waals surface area contributed by atoms with Gasteiger partial charge in [-0.05, 0) is 43.7 Å². The summed E-state index contributed by atoms with van der Waals surface area (Å²) in [6, 6.07) is 14.7. The van der Waals surface area contributed by atoms with E-state index in [2.05, 4.69) is 15.5 Å². The number of hydrogen-bond donors (Lipinski definition) is 1. The zero-order valence-corrected chi connectivity index (χ0v) is 15.9. The van der Waals surface area contributed by atoms with Crippen molar-refractivity contribution in [2.45, 2.75) is 32.9 Å². The fourth-order valence-corrected chi connectivity index (χ4v) is 2.63. The molecule has 0 aliphatic heterocycles. The molecular weight excluding hydrogens is 366 g/mol. The maximum absolute atomic E-state index is 12.4. The Bertz CT molecular complexity index is 909. The summed E-state index contributed by atoms with van der Waals surface area (Å²) in [6.07, 6.45) is -0.0994. The predicted molar refractivity (Wildman–Crippen MR) is 102 cm³/mol. The van der Waals surface area contributed by atoms with Crippen LogP contribution in [-0.4, -0.2) is 22.2 Å². The van der Waals surface area contributed by atoms with E-state index >= 15 is 0 Å². The summed E-state index contributed by atoms with van der Waals surface area (Å²) in [5.74, 6) is 1.16. The van der Waals surface area contributed by atoms with Crippen LogP contribution in [0.4, 0.5) is 0 Å². The molecule has 0 fully saturated rings. The molecule has 1 aromatic heterocycles. The molecule has 0 saturated carbocycles. The highest BCUT2D eigenvalue weighted by Crippen LogP contribution is 2.18. The molecule has 1 atom stereocenters. The second-order valence-electron chi connectivity index (χ2n) is 6.07. The molecule has 1 N–H and O–H groups in total. The van der Waals surface area contributed by atoms with Crippen molar-refractivity contribution in [2.24, 2.45) is 0 Å². The van der Waals surface area contributed by atoms with Gasteiger partial charge in [0.1, 0.15) is 5.75 Å². The first kappa shape index (κ1) is 18.9. The Kier molecular flexibility index (Phi) is 6.08. The third-order valence-corrected chi connectivity index (χ3v) is 4.17. The van der Waals surface area contributed by atoms with Gasteiger partial charge in [-0.1, -0.05) is 47.4 Å². The van der Waals surface area contributed by atoms with Gasteiger partial charge in [-0.3, -0.25) is 4.79 Å². The lowest BCUT2D eigenvalue weighted by Crippen LogP contribution is -2.37. The number of aromatic nitrogens is 2. The summed E-state index contributed by atoms with van der Waals surface area (Å²) >= 11 is 5.86. The molecule has 1 heterocycles. The summed E-state index contributed by atoms with van der Waals surface area (Å²) in [6.45, 7) is 4.01. The number of nitrogens with one attached hydrogen (secondary N) is 1. The summed E-state index contributed by atoms with van der Waals surface area (Å²) in [7, 11) is 0. The molecule has 6 nitrogen and oxygen atoms in total. The molecule has 2 aromatic carbocycles. The van der Waals surface area contributed by atoms with Gasteiger partial charge in [0.15, 0.2) is 6.10 Å². The number of benzene rings is 2. The highest BCUT2D eigenvalue weighted by molar-refractivity contribution is 6.30. The van der Waals surface area contributed by atoms with Crippen LogP contribution >= 0.6 is 11.6 Å². The highest BCUT2D eigenvalue weighted by atomic mass is 35.5. The lowest BCUT2D eigenvalue weighted by molar-refractivity contribution is -0.128. The Labute approximate surface area is 162 Å². The van der Waals surface area contributed by atoms with Crippen molar-refractivity contribution in [3.63, 3.8) is 0 Å². The smallest absolute Gasteiger partial charge is 0.261 e. The van der Waals surface area contributed by atoms with Crippen molar-refractivity contribution in [1.82, 2.24) is 15.5 Å². The molecule has 3 rings (SSSR count). The van der Waals surface area contributed by atoms with Crippen LogP contribution in [0.15, 0.2) is 53.1 Å². The maximum atomic E-state index is 12.4. The number of amides is 1. The van der Waals surface area contributed by atoms with E-state index in [1.165, 1.54) is 0 Å². The standard InChI is InChI=1S/C20H20ClN3O3/c1-3-17(26-16-9-7-15(21)8-10-16)20(25)22-12-18-23-19(24-27-18)14-6-4-5-13(2)11-14/h4-11,17H,3,12H2,1-2H3,(H,22,25)/t17-/m0/s1. The van der Waals surface area contributed by atoms with Crippen LogP contribution in [0, 0.1) is 6.92 Å². The third kappa shape index (κ3) is 5.08. The zero-order valence-electron chi connectivity index (χ0n) is 15.1. The Morgan fingerprint density at radius 3 is 2.74 bits per heavy atom. The van der Waals surface area contributed by atoms with E-state index in [-0.39, 0.29) is 12.5 Å². The number of hydrogen-bond acceptors (Lipinski definition) is 5. The number of aryl methyl sites for hydroxylation is 1. The summed E-state index contributed by atoms with van der Waals surface area (Å²) in [5.41, 5.74) is 1.98. The Morgan fingerprint density at radius 2 is 2.04 bits per heavy atom. The monoisotopic (exact) mass is 385 g/mol. The molecule has 7 heteroatoms. The van der Waals surface area contributed by atoms with Gasteiger partial charge >= 0.3 is 0 Å². The van der Waals surface area contributed by atoms with E-state index in [1.807, 2.05) is 38.1 Å². The van der Waals surface area contributed by atoms with E-state index in [9.17, 15) is 4.79 Å². The minimum absolute atomic E-state index is 0.137. The highest BCUT2D eigenvalue weighted by Gasteiger charge is 2.19. The van der Waals surface area contributed by atoms with E-state index in [4.69, 9.17) is 20.9 Å². The van der Waals surface area contributed by atoms with E-state index in [0.29, 0.717) is 28.9 Å². The van der Waals surface area contributed by atoms with Gasteiger partial charge < -0.3 is 14.6 Å². The third-order valence-electron chi connectivity index (χ3n) is 3.91. The number of halogens is 1. The average Bonchev–Trinajstić information content (AvgIpc) is 3.15. The quantitative estimate of drug-likeness (QED) is 0.660. The van der Waals surface area contributed by atoms with Crippen LogP contribution in [0.1, 0.15) is 24.8 Å².